The maximum Gasteiger partial charge on any atom is 0.267 e. The van der Waals surface area contributed by atoms with Crippen LogP contribution in [0.5, 0.6) is 0 Å². The van der Waals surface area contributed by atoms with Crippen LogP contribution in [0.25, 0.3) is 17.0 Å². The zero-order valence-electron chi connectivity index (χ0n) is 16.0. The van der Waals surface area contributed by atoms with Crippen LogP contribution in [0.2, 0.25) is 0 Å². The summed E-state index contributed by atoms with van der Waals surface area (Å²) in [4.78, 5) is 22.6. The zero-order chi connectivity index (χ0) is 20.1. The molecule has 0 saturated carbocycles. The summed E-state index contributed by atoms with van der Waals surface area (Å²) in [6.45, 7) is 2.80. The van der Waals surface area contributed by atoms with Crippen molar-refractivity contribution in [2.45, 2.75) is 19.0 Å². The predicted octanol–water partition coefficient (Wildman–Crippen LogP) is 2.83. The van der Waals surface area contributed by atoms with E-state index in [-0.39, 0.29) is 0 Å². The molecule has 1 atom stereocenters. The molecule has 2 aromatic heterocycles. The molecule has 148 valence electrons. The van der Waals surface area contributed by atoms with Gasteiger partial charge in [-0.2, -0.15) is 0 Å². The Bertz CT molecular complexity index is 1020. The Hall–Kier alpha value is -3.29. The van der Waals surface area contributed by atoms with E-state index in [0.29, 0.717) is 6.04 Å². The average molecular weight is 389 g/mol. The van der Waals surface area contributed by atoms with Crippen molar-refractivity contribution in [1.82, 2.24) is 20.3 Å². The molecule has 1 aliphatic rings. The lowest BCUT2D eigenvalue weighted by Crippen LogP contribution is -2.26. The van der Waals surface area contributed by atoms with Crippen molar-refractivity contribution in [2.75, 3.05) is 18.4 Å². The number of hydrogen-bond donors (Lipinski definition) is 3. The molecule has 3 aromatic rings. The Morgan fingerprint density at radius 3 is 2.93 bits per heavy atom. The fourth-order valence-electron chi connectivity index (χ4n) is 3.53. The van der Waals surface area contributed by atoms with Crippen molar-refractivity contribution >= 4 is 28.7 Å². The molecule has 3 heterocycles. The zero-order valence-corrected chi connectivity index (χ0v) is 16.0. The number of carbonyl (C=O) groups excluding carboxylic acids is 1. The SMILES string of the molecule is O=C(C=Cc1ccc(N[C@@H]2CCN(Cc3ccc4ccccc4n3)C2)nc1)NO. The number of anilines is 1. The fraction of sp³-hybridized carbons (Fsp3) is 0.227. The summed E-state index contributed by atoms with van der Waals surface area (Å²) in [5.41, 5.74) is 4.47. The number of rotatable bonds is 6. The molecule has 0 radical (unpaired) electrons. The Labute approximate surface area is 169 Å². The lowest BCUT2D eigenvalue weighted by Gasteiger charge is -2.17. The molecular formula is C22H23N5O2. The van der Waals surface area contributed by atoms with Crippen LogP contribution < -0.4 is 10.8 Å². The first-order valence-corrected chi connectivity index (χ1v) is 9.61. The topological polar surface area (TPSA) is 90.4 Å². The molecule has 1 amide bonds. The second-order valence-corrected chi connectivity index (χ2v) is 7.15. The molecule has 7 nitrogen and oxygen atoms in total. The van der Waals surface area contributed by atoms with Crippen molar-refractivity contribution < 1.29 is 10.0 Å². The largest absolute Gasteiger partial charge is 0.366 e. The number of nitrogens with one attached hydrogen (secondary N) is 2. The Morgan fingerprint density at radius 2 is 2.10 bits per heavy atom. The minimum absolute atomic E-state index is 0.338. The van der Waals surface area contributed by atoms with Gasteiger partial charge in [-0.05, 0) is 42.3 Å². The Balaban J connectivity index is 1.31. The maximum atomic E-state index is 11.0. The second kappa shape index (κ2) is 8.81. The van der Waals surface area contributed by atoms with Crippen LogP contribution >= 0.6 is 0 Å². The highest BCUT2D eigenvalue weighted by Crippen LogP contribution is 2.18. The summed E-state index contributed by atoms with van der Waals surface area (Å²) in [6, 6.07) is 16.5. The molecule has 1 saturated heterocycles. The number of nitrogens with zero attached hydrogens (tertiary/aromatic N) is 3. The van der Waals surface area contributed by atoms with Crippen molar-refractivity contribution in [1.29, 1.82) is 0 Å². The second-order valence-electron chi connectivity index (χ2n) is 7.15. The van der Waals surface area contributed by atoms with Gasteiger partial charge in [0.1, 0.15) is 5.82 Å². The first-order chi connectivity index (χ1) is 14.2. The van der Waals surface area contributed by atoms with E-state index in [9.17, 15) is 4.79 Å². The average Bonchev–Trinajstić information content (AvgIpc) is 3.19. The smallest absolute Gasteiger partial charge is 0.267 e. The van der Waals surface area contributed by atoms with Crippen molar-refractivity contribution in [3.05, 3.63) is 72.1 Å². The van der Waals surface area contributed by atoms with Gasteiger partial charge in [-0.25, -0.2) is 10.5 Å². The van der Waals surface area contributed by atoms with Gasteiger partial charge in [0, 0.05) is 43.3 Å². The van der Waals surface area contributed by atoms with Gasteiger partial charge in [0.05, 0.1) is 11.2 Å². The molecule has 1 fully saturated rings. The standard InChI is InChI=1S/C22H23N5O2/c28-22(26-29)10-6-16-5-9-21(23-13-16)25-19-11-12-27(15-19)14-18-8-7-17-3-1-2-4-20(17)24-18/h1-10,13,19,29H,11-12,14-15H2,(H,23,25)(H,26,28)/t19-/m1/s1. The fourth-order valence-corrected chi connectivity index (χ4v) is 3.53. The third kappa shape index (κ3) is 4.96. The van der Waals surface area contributed by atoms with E-state index in [2.05, 4.69) is 33.4 Å². The third-order valence-electron chi connectivity index (χ3n) is 4.99. The van der Waals surface area contributed by atoms with E-state index in [1.54, 1.807) is 17.8 Å². The number of benzene rings is 1. The lowest BCUT2D eigenvalue weighted by molar-refractivity contribution is -0.124. The molecule has 1 aliphatic heterocycles. The summed E-state index contributed by atoms with van der Waals surface area (Å²) < 4.78 is 0. The van der Waals surface area contributed by atoms with Crippen molar-refractivity contribution in [2.24, 2.45) is 0 Å². The van der Waals surface area contributed by atoms with E-state index in [1.807, 2.05) is 30.3 Å². The van der Waals surface area contributed by atoms with Crippen LogP contribution in [0, 0.1) is 0 Å². The molecule has 7 heteroatoms. The van der Waals surface area contributed by atoms with Gasteiger partial charge >= 0.3 is 0 Å². The monoisotopic (exact) mass is 389 g/mol. The van der Waals surface area contributed by atoms with Gasteiger partial charge in [-0.1, -0.05) is 24.3 Å². The van der Waals surface area contributed by atoms with Crippen LogP contribution in [-0.2, 0) is 11.3 Å². The normalized spacial score (nSPS) is 17.1. The molecule has 1 aromatic carbocycles. The maximum absolute atomic E-state index is 11.0. The first-order valence-electron chi connectivity index (χ1n) is 9.61. The number of pyridine rings is 2. The van der Waals surface area contributed by atoms with E-state index in [1.165, 1.54) is 11.5 Å². The molecule has 0 unspecified atom stereocenters. The van der Waals surface area contributed by atoms with Crippen molar-refractivity contribution in [3.8, 4) is 0 Å². The highest BCUT2D eigenvalue weighted by Gasteiger charge is 2.23. The highest BCUT2D eigenvalue weighted by molar-refractivity contribution is 5.90. The van der Waals surface area contributed by atoms with Crippen LogP contribution in [0.4, 0.5) is 5.82 Å². The summed E-state index contributed by atoms with van der Waals surface area (Å²) in [5.74, 6) is 0.239. The number of amides is 1. The van der Waals surface area contributed by atoms with Crippen LogP contribution in [0.3, 0.4) is 0 Å². The number of hydrogen-bond acceptors (Lipinski definition) is 6. The number of para-hydroxylation sites is 1. The molecule has 0 bridgehead atoms. The molecule has 0 spiro atoms. The molecular weight excluding hydrogens is 366 g/mol. The number of likely N-dealkylation sites (tertiary alicyclic amines) is 1. The minimum atomic E-state index is -0.570. The number of fused-ring (bicyclic) bond motifs is 1. The molecule has 4 rings (SSSR count). The molecule has 0 aliphatic carbocycles. The van der Waals surface area contributed by atoms with Gasteiger partial charge in [-0.3, -0.25) is 19.9 Å². The summed E-state index contributed by atoms with van der Waals surface area (Å²) >= 11 is 0. The Kier molecular flexibility index (Phi) is 5.79. The van der Waals surface area contributed by atoms with Crippen LogP contribution in [0.15, 0.2) is 60.8 Å². The predicted molar refractivity (Wildman–Crippen MR) is 112 cm³/mol. The summed E-state index contributed by atoms with van der Waals surface area (Å²) in [7, 11) is 0. The number of hydroxylamine groups is 1. The van der Waals surface area contributed by atoms with Gasteiger partial charge < -0.3 is 5.32 Å². The first kappa shape index (κ1) is 19.0. The van der Waals surface area contributed by atoms with Gasteiger partial charge in [-0.15, -0.1) is 0 Å². The molecule has 3 N–H and O–H groups in total. The molecule has 29 heavy (non-hydrogen) atoms. The summed E-state index contributed by atoms with van der Waals surface area (Å²) in [6.07, 6.45) is 5.58. The van der Waals surface area contributed by atoms with Gasteiger partial charge in [0.15, 0.2) is 0 Å². The van der Waals surface area contributed by atoms with Crippen LogP contribution in [0.1, 0.15) is 17.7 Å². The Morgan fingerprint density at radius 1 is 1.21 bits per heavy atom. The lowest BCUT2D eigenvalue weighted by atomic mass is 10.2. The third-order valence-corrected chi connectivity index (χ3v) is 4.99. The quantitative estimate of drug-likeness (QED) is 0.341. The van der Waals surface area contributed by atoms with E-state index in [0.717, 1.165) is 48.6 Å². The van der Waals surface area contributed by atoms with Gasteiger partial charge in [0.25, 0.3) is 5.91 Å². The van der Waals surface area contributed by atoms with Gasteiger partial charge in [0.2, 0.25) is 0 Å². The van der Waals surface area contributed by atoms with E-state index in [4.69, 9.17) is 10.2 Å². The number of carbonyl (C=O) groups is 1. The number of aromatic nitrogens is 2. The summed E-state index contributed by atoms with van der Waals surface area (Å²) in [5, 5.41) is 13.1. The van der Waals surface area contributed by atoms with E-state index >= 15 is 0 Å². The van der Waals surface area contributed by atoms with E-state index < -0.39 is 5.91 Å². The van der Waals surface area contributed by atoms with Crippen LogP contribution in [-0.4, -0.2) is 45.1 Å². The van der Waals surface area contributed by atoms with Crippen molar-refractivity contribution in [3.63, 3.8) is 0 Å². The highest BCUT2D eigenvalue weighted by atomic mass is 16.5. The minimum Gasteiger partial charge on any atom is -0.366 e.